The van der Waals surface area contributed by atoms with E-state index in [1.165, 1.54) is 11.0 Å². The van der Waals surface area contributed by atoms with Crippen molar-refractivity contribution in [2.45, 2.75) is 6.92 Å². The van der Waals surface area contributed by atoms with Gasteiger partial charge in [-0.25, -0.2) is 4.68 Å². The Morgan fingerprint density at radius 2 is 2.33 bits per heavy atom. The van der Waals surface area contributed by atoms with E-state index in [1.54, 1.807) is 25.5 Å². The molecule has 0 aromatic carbocycles. The molecule has 2 aromatic rings. The SMILES string of the molecule is CCNc1cnccc1C(=O)Nc1ncnn1C. The van der Waals surface area contributed by atoms with E-state index >= 15 is 0 Å². The third-order valence-electron chi connectivity index (χ3n) is 2.37. The summed E-state index contributed by atoms with van der Waals surface area (Å²) in [6, 6.07) is 1.66. The van der Waals surface area contributed by atoms with Gasteiger partial charge in [-0.3, -0.25) is 15.1 Å². The molecule has 94 valence electrons. The topological polar surface area (TPSA) is 84.7 Å². The molecule has 2 N–H and O–H groups in total. The first-order valence-corrected chi connectivity index (χ1v) is 5.55. The first-order chi connectivity index (χ1) is 8.72. The van der Waals surface area contributed by atoms with E-state index in [9.17, 15) is 4.79 Å². The van der Waals surface area contributed by atoms with Crippen LogP contribution in [0.1, 0.15) is 17.3 Å². The van der Waals surface area contributed by atoms with Gasteiger partial charge in [-0.2, -0.15) is 10.1 Å². The van der Waals surface area contributed by atoms with Crippen molar-refractivity contribution < 1.29 is 4.79 Å². The summed E-state index contributed by atoms with van der Waals surface area (Å²) >= 11 is 0. The van der Waals surface area contributed by atoms with Gasteiger partial charge in [0.25, 0.3) is 5.91 Å². The van der Waals surface area contributed by atoms with Crippen molar-refractivity contribution in [3.05, 3.63) is 30.4 Å². The molecule has 0 atom stereocenters. The maximum Gasteiger partial charge on any atom is 0.260 e. The molecule has 0 fully saturated rings. The van der Waals surface area contributed by atoms with Gasteiger partial charge >= 0.3 is 0 Å². The summed E-state index contributed by atoms with van der Waals surface area (Å²) in [5.74, 6) is 0.156. The first-order valence-electron chi connectivity index (χ1n) is 5.55. The second-order valence-electron chi connectivity index (χ2n) is 3.61. The van der Waals surface area contributed by atoms with Gasteiger partial charge in [0.15, 0.2) is 0 Å². The molecule has 0 bridgehead atoms. The van der Waals surface area contributed by atoms with E-state index in [0.29, 0.717) is 17.2 Å². The highest BCUT2D eigenvalue weighted by atomic mass is 16.1. The van der Waals surface area contributed by atoms with Gasteiger partial charge < -0.3 is 5.32 Å². The highest BCUT2D eigenvalue weighted by Crippen LogP contribution is 2.14. The van der Waals surface area contributed by atoms with Gasteiger partial charge in [0.2, 0.25) is 5.95 Å². The number of carbonyl (C=O) groups is 1. The number of rotatable bonds is 4. The van der Waals surface area contributed by atoms with E-state index in [1.807, 2.05) is 6.92 Å². The quantitative estimate of drug-likeness (QED) is 0.837. The summed E-state index contributed by atoms with van der Waals surface area (Å²) in [5.41, 5.74) is 1.22. The van der Waals surface area contributed by atoms with Crippen molar-refractivity contribution in [1.82, 2.24) is 19.7 Å². The van der Waals surface area contributed by atoms with Crippen LogP contribution in [0.25, 0.3) is 0 Å². The van der Waals surface area contributed by atoms with Crippen LogP contribution in [-0.2, 0) is 7.05 Å². The predicted octanol–water partition coefficient (Wildman–Crippen LogP) is 0.894. The second-order valence-corrected chi connectivity index (χ2v) is 3.61. The molecule has 2 aromatic heterocycles. The fraction of sp³-hybridized carbons (Fsp3) is 0.273. The highest BCUT2D eigenvalue weighted by molar-refractivity contribution is 6.07. The smallest absolute Gasteiger partial charge is 0.260 e. The number of aromatic nitrogens is 4. The number of carbonyl (C=O) groups excluding carboxylic acids is 1. The van der Waals surface area contributed by atoms with Crippen molar-refractivity contribution in [3.8, 4) is 0 Å². The van der Waals surface area contributed by atoms with Gasteiger partial charge in [0, 0.05) is 19.8 Å². The lowest BCUT2D eigenvalue weighted by Gasteiger charge is -2.09. The van der Waals surface area contributed by atoms with Crippen LogP contribution in [-0.4, -0.2) is 32.2 Å². The average molecular weight is 246 g/mol. The molecule has 7 heteroatoms. The van der Waals surface area contributed by atoms with Crippen LogP contribution < -0.4 is 10.6 Å². The molecule has 1 amide bonds. The lowest BCUT2D eigenvalue weighted by Crippen LogP contribution is -2.17. The third kappa shape index (κ3) is 2.45. The number of anilines is 2. The zero-order chi connectivity index (χ0) is 13.0. The number of nitrogens with zero attached hydrogens (tertiary/aromatic N) is 4. The fourth-order valence-corrected chi connectivity index (χ4v) is 1.50. The van der Waals surface area contributed by atoms with Gasteiger partial charge in [0.1, 0.15) is 6.33 Å². The maximum atomic E-state index is 12.1. The van der Waals surface area contributed by atoms with Gasteiger partial charge in [-0.1, -0.05) is 0 Å². The Bertz CT molecular complexity index is 550. The number of nitrogens with one attached hydrogen (secondary N) is 2. The molecule has 2 heterocycles. The van der Waals surface area contributed by atoms with Crippen LogP contribution in [0.3, 0.4) is 0 Å². The molecular formula is C11H14N6O. The van der Waals surface area contributed by atoms with Crippen molar-refractivity contribution in [3.63, 3.8) is 0 Å². The second kappa shape index (κ2) is 5.26. The number of hydrogen-bond donors (Lipinski definition) is 2. The van der Waals surface area contributed by atoms with Crippen molar-refractivity contribution in [2.75, 3.05) is 17.2 Å². The average Bonchev–Trinajstić information content (AvgIpc) is 2.76. The Balaban J connectivity index is 2.21. The molecule has 0 spiro atoms. The van der Waals surface area contributed by atoms with E-state index in [4.69, 9.17) is 0 Å². The minimum absolute atomic E-state index is 0.246. The summed E-state index contributed by atoms with van der Waals surface area (Å²) in [6.45, 7) is 2.67. The third-order valence-corrected chi connectivity index (χ3v) is 2.37. The summed E-state index contributed by atoms with van der Waals surface area (Å²) in [6.07, 6.45) is 4.58. The Morgan fingerprint density at radius 3 is 3.00 bits per heavy atom. The lowest BCUT2D eigenvalue weighted by atomic mass is 10.2. The largest absolute Gasteiger partial charge is 0.383 e. The molecule has 7 nitrogen and oxygen atoms in total. The van der Waals surface area contributed by atoms with Crippen LogP contribution in [0.4, 0.5) is 11.6 Å². The maximum absolute atomic E-state index is 12.1. The minimum atomic E-state index is -0.246. The molecule has 0 aliphatic carbocycles. The molecule has 2 rings (SSSR count). The zero-order valence-corrected chi connectivity index (χ0v) is 10.2. The molecule has 0 unspecified atom stereocenters. The fourth-order valence-electron chi connectivity index (χ4n) is 1.50. The Morgan fingerprint density at radius 1 is 1.50 bits per heavy atom. The van der Waals surface area contributed by atoms with Crippen molar-refractivity contribution in [2.24, 2.45) is 7.05 Å². The summed E-state index contributed by atoms with van der Waals surface area (Å²) in [7, 11) is 1.71. The van der Waals surface area contributed by atoms with Crippen molar-refractivity contribution >= 4 is 17.5 Å². The monoisotopic (exact) mass is 246 g/mol. The lowest BCUT2D eigenvalue weighted by molar-refractivity contribution is 0.102. The van der Waals surface area contributed by atoms with Crippen LogP contribution in [0.5, 0.6) is 0 Å². The molecular weight excluding hydrogens is 232 g/mol. The van der Waals surface area contributed by atoms with Gasteiger partial charge in [0.05, 0.1) is 17.4 Å². The predicted molar refractivity (Wildman–Crippen MR) is 67.4 cm³/mol. The number of amides is 1. The molecule has 0 saturated heterocycles. The molecule has 0 radical (unpaired) electrons. The van der Waals surface area contributed by atoms with Crippen LogP contribution in [0.2, 0.25) is 0 Å². The van der Waals surface area contributed by atoms with Crippen molar-refractivity contribution in [1.29, 1.82) is 0 Å². The van der Waals surface area contributed by atoms with E-state index in [0.717, 1.165) is 6.54 Å². The van der Waals surface area contributed by atoms with Gasteiger partial charge in [-0.15, -0.1) is 0 Å². The Labute approximate surface area is 104 Å². The van der Waals surface area contributed by atoms with E-state index < -0.39 is 0 Å². The Kier molecular flexibility index (Phi) is 3.52. The standard InChI is InChI=1S/C11H14N6O/c1-3-13-9-6-12-5-4-8(9)10(18)16-11-14-7-15-17(11)2/h4-7,13H,3H2,1-2H3,(H,14,15,16,18). The van der Waals surface area contributed by atoms with E-state index in [-0.39, 0.29) is 5.91 Å². The van der Waals surface area contributed by atoms with E-state index in [2.05, 4.69) is 25.7 Å². The number of pyridine rings is 1. The molecule has 18 heavy (non-hydrogen) atoms. The van der Waals surface area contributed by atoms with Crippen LogP contribution >= 0.6 is 0 Å². The first kappa shape index (κ1) is 12.0. The molecule has 0 saturated carbocycles. The summed E-state index contributed by atoms with van der Waals surface area (Å²) in [5, 5.41) is 9.66. The zero-order valence-electron chi connectivity index (χ0n) is 10.2. The molecule has 0 aliphatic heterocycles. The van der Waals surface area contributed by atoms with Crippen LogP contribution in [0, 0.1) is 0 Å². The summed E-state index contributed by atoms with van der Waals surface area (Å²) in [4.78, 5) is 20.0. The van der Waals surface area contributed by atoms with Crippen LogP contribution in [0.15, 0.2) is 24.8 Å². The summed E-state index contributed by atoms with van der Waals surface area (Å²) < 4.78 is 1.49. The Hall–Kier alpha value is -2.44. The normalized spacial score (nSPS) is 10.1. The van der Waals surface area contributed by atoms with Gasteiger partial charge in [-0.05, 0) is 13.0 Å². The molecule has 0 aliphatic rings. The highest BCUT2D eigenvalue weighted by Gasteiger charge is 2.13. The minimum Gasteiger partial charge on any atom is -0.383 e. The number of aryl methyl sites for hydroxylation is 1. The number of hydrogen-bond acceptors (Lipinski definition) is 5.